The number of carbonyl (C=O) groups is 2. The van der Waals surface area contributed by atoms with E-state index in [4.69, 9.17) is 5.73 Å². The first kappa shape index (κ1) is 15.6. The molecule has 2 amide bonds. The van der Waals surface area contributed by atoms with Gasteiger partial charge >= 0.3 is 0 Å². The topological polar surface area (TPSA) is 75.4 Å². The second-order valence-electron chi connectivity index (χ2n) is 5.52. The van der Waals surface area contributed by atoms with Gasteiger partial charge in [0, 0.05) is 17.1 Å². The molecule has 1 atom stereocenters. The van der Waals surface area contributed by atoms with E-state index in [-0.39, 0.29) is 18.5 Å². The average Bonchev–Trinajstić information content (AvgIpc) is 3.23. The number of likely N-dealkylation sites (tertiary alicyclic amines) is 1. The van der Waals surface area contributed by atoms with Crippen molar-refractivity contribution in [3.63, 3.8) is 0 Å². The maximum absolute atomic E-state index is 12.6. The molecule has 3 rings (SSSR count). The van der Waals surface area contributed by atoms with Gasteiger partial charge in [-0.15, -0.1) is 11.3 Å². The summed E-state index contributed by atoms with van der Waals surface area (Å²) in [5.41, 5.74) is 6.35. The number of rotatable bonds is 5. The normalized spacial score (nSPS) is 17.2. The molecule has 1 aliphatic rings. The van der Waals surface area contributed by atoms with Crippen LogP contribution in [0.3, 0.4) is 0 Å². The fourth-order valence-corrected chi connectivity index (χ4v) is 3.84. The zero-order chi connectivity index (χ0) is 16.2. The van der Waals surface area contributed by atoms with Crippen LogP contribution in [0.1, 0.15) is 34.1 Å². The van der Waals surface area contributed by atoms with Gasteiger partial charge in [-0.2, -0.15) is 0 Å². The maximum atomic E-state index is 12.6. The highest BCUT2D eigenvalue weighted by Crippen LogP contribution is 2.34. The zero-order valence-electron chi connectivity index (χ0n) is 12.7. The quantitative estimate of drug-likeness (QED) is 0.885. The van der Waals surface area contributed by atoms with Gasteiger partial charge < -0.3 is 16.0 Å². The van der Waals surface area contributed by atoms with E-state index < -0.39 is 5.91 Å². The summed E-state index contributed by atoms with van der Waals surface area (Å²) in [4.78, 5) is 27.1. The highest BCUT2D eigenvalue weighted by atomic mass is 32.1. The Kier molecular flexibility index (Phi) is 4.62. The minimum atomic E-state index is -0.502. The highest BCUT2D eigenvalue weighted by Gasteiger charge is 2.30. The lowest BCUT2D eigenvalue weighted by atomic mass is 10.1. The summed E-state index contributed by atoms with van der Waals surface area (Å²) in [7, 11) is 0. The molecule has 3 N–H and O–H groups in total. The Hall–Kier alpha value is -2.34. The van der Waals surface area contributed by atoms with Crippen LogP contribution in [0.4, 0.5) is 5.69 Å². The Morgan fingerprint density at radius 2 is 2.09 bits per heavy atom. The molecule has 0 bridgehead atoms. The molecule has 2 heterocycles. The molecule has 5 nitrogen and oxygen atoms in total. The van der Waals surface area contributed by atoms with Crippen LogP contribution >= 0.6 is 11.3 Å². The van der Waals surface area contributed by atoms with Crippen LogP contribution in [0.2, 0.25) is 0 Å². The summed E-state index contributed by atoms with van der Waals surface area (Å²) >= 11 is 1.69. The number of para-hydroxylation sites is 1. The predicted molar refractivity (Wildman–Crippen MR) is 91.5 cm³/mol. The molecule has 1 aromatic heterocycles. The third kappa shape index (κ3) is 3.37. The van der Waals surface area contributed by atoms with Gasteiger partial charge in [0.1, 0.15) is 0 Å². The minimum Gasteiger partial charge on any atom is -0.376 e. The van der Waals surface area contributed by atoms with Crippen molar-refractivity contribution in [3.8, 4) is 0 Å². The number of hydrogen-bond donors (Lipinski definition) is 2. The SMILES string of the molecule is NC(=O)c1ccccc1NCC(=O)N1CCC[C@@H]1c1cccs1. The van der Waals surface area contributed by atoms with Crippen LogP contribution in [0.5, 0.6) is 0 Å². The van der Waals surface area contributed by atoms with E-state index in [2.05, 4.69) is 11.4 Å². The number of amides is 2. The monoisotopic (exact) mass is 329 g/mol. The Bertz CT molecular complexity index is 700. The summed E-state index contributed by atoms with van der Waals surface area (Å²) in [6, 6.07) is 11.2. The van der Waals surface area contributed by atoms with Crippen molar-refractivity contribution in [1.29, 1.82) is 0 Å². The third-order valence-corrected chi connectivity index (χ3v) is 5.04. The van der Waals surface area contributed by atoms with Crippen LogP contribution < -0.4 is 11.1 Å². The first-order valence-corrected chi connectivity index (χ1v) is 8.50. The van der Waals surface area contributed by atoms with Crippen molar-refractivity contribution in [3.05, 3.63) is 52.2 Å². The smallest absolute Gasteiger partial charge is 0.250 e. The lowest BCUT2D eigenvalue weighted by molar-refractivity contribution is -0.130. The molecule has 1 aromatic carbocycles. The summed E-state index contributed by atoms with van der Waals surface area (Å²) in [5, 5.41) is 5.09. The minimum absolute atomic E-state index is 0.0418. The maximum Gasteiger partial charge on any atom is 0.250 e. The summed E-state index contributed by atoms with van der Waals surface area (Å²) in [6.45, 7) is 0.937. The Labute approximate surface area is 139 Å². The number of nitrogens with one attached hydrogen (secondary N) is 1. The lowest BCUT2D eigenvalue weighted by Crippen LogP contribution is -2.35. The molecule has 1 fully saturated rings. The van der Waals surface area contributed by atoms with Gasteiger partial charge in [0.15, 0.2) is 0 Å². The van der Waals surface area contributed by atoms with E-state index in [1.165, 1.54) is 4.88 Å². The average molecular weight is 329 g/mol. The summed E-state index contributed by atoms with van der Waals surface area (Å²) < 4.78 is 0. The van der Waals surface area contributed by atoms with Gasteiger partial charge in [-0.3, -0.25) is 9.59 Å². The van der Waals surface area contributed by atoms with Gasteiger partial charge in [-0.05, 0) is 36.4 Å². The standard InChI is InChI=1S/C17H19N3O2S/c18-17(22)12-5-1-2-6-13(12)19-11-16(21)20-9-3-7-14(20)15-8-4-10-23-15/h1-2,4-6,8,10,14,19H,3,7,9,11H2,(H2,18,22)/t14-/m1/s1. The van der Waals surface area contributed by atoms with Crippen LogP contribution in [0.25, 0.3) is 0 Å². The molecular formula is C17H19N3O2S. The molecule has 0 spiro atoms. The van der Waals surface area contributed by atoms with E-state index in [0.717, 1.165) is 19.4 Å². The molecule has 0 saturated carbocycles. The molecule has 0 radical (unpaired) electrons. The summed E-state index contributed by atoms with van der Waals surface area (Å²) in [6.07, 6.45) is 2.02. The fourth-order valence-electron chi connectivity index (χ4n) is 2.97. The van der Waals surface area contributed by atoms with Gasteiger partial charge in [0.05, 0.1) is 18.2 Å². The Balaban J connectivity index is 1.67. The number of benzene rings is 1. The number of nitrogens with zero attached hydrogens (tertiary/aromatic N) is 1. The van der Waals surface area contributed by atoms with Crippen molar-refractivity contribution >= 4 is 28.8 Å². The molecule has 23 heavy (non-hydrogen) atoms. The van der Waals surface area contributed by atoms with Crippen molar-refractivity contribution in [2.24, 2.45) is 5.73 Å². The van der Waals surface area contributed by atoms with Gasteiger partial charge in [0.25, 0.3) is 5.91 Å². The highest BCUT2D eigenvalue weighted by molar-refractivity contribution is 7.10. The number of thiophene rings is 1. The first-order valence-electron chi connectivity index (χ1n) is 7.62. The zero-order valence-corrected chi connectivity index (χ0v) is 13.5. The van der Waals surface area contributed by atoms with Crippen LogP contribution in [-0.2, 0) is 4.79 Å². The molecule has 1 aliphatic heterocycles. The molecular weight excluding hydrogens is 310 g/mol. The molecule has 6 heteroatoms. The second-order valence-corrected chi connectivity index (χ2v) is 6.50. The Morgan fingerprint density at radius 3 is 2.83 bits per heavy atom. The second kappa shape index (κ2) is 6.83. The fraction of sp³-hybridized carbons (Fsp3) is 0.294. The largest absolute Gasteiger partial charge is 0.376 e. The van der Waals surface area contributed by atoms with Crippen molar-refractivity contribution in [2.75, 3.05) is 18.4 Å². The number of anilines is 1. The van der Waals surface area contributed by atoms with Crippen LogP contribution in [0, 0.1) is 0 Å². The lowest BCUT2D eigenvalue weighted by Gasteiger charge is -2.24. The number of carbonyl (C=O) groups excluding carboxylic acids is 2. The van der Waals surface area contributed by atoms with Gasteiger partial charge in [-0.25, -0.2) is 0 Å². The first-order chi connectivity index (χ1) is 11.2. The van der Waals surface area contributed by atoms with E-state index in [9.17, 15) is 9.59 Å². The predicted octanol–water partition coefficient (Wildman–Crippen LogP) is 2.62. The van der Waals surface area contributed by atoms with Crippen molar-refractivity contribution in [1.82, 2.24) is 4.90 Å². The van der Waals surface area contributed by atoms with E-state index in [1.54, 1.807) is 29.5 Å². The molecule has 0 unspecified atom stereocenters. The number of nitrogens with two attached hydrogens (primary N) is 1. The molecule has 120 valence electrons. The van der Waals surface area contributed by atoms with Crippen LogP contribution in [0.15, 0.2) is 41.8 Å². The number of hydrogen-bond acceptors (Lipinski definition) is 4. The molecule has 2 aromatic rings. The Morgan fingerprint density at radius 1 is 1.26 bits per heavy atom. The van der Waals surface area contributed by atoms with E-state index in [1.807, 2.05) is 22.4 Å². The third-order valence-electron chi connectivity index (χ3n) is 4.07. The van der Waals surface area contributed by atoms with Gasteiger partial charge in [-0.1, -0.05) is 18.2 Å². The molecule has 0 aliphatic carbocycles. The van der Waals surface area contributed by atoms with E-state index >= 15 is 0 Å². The summed E-state index contributed by atoms with van der Waals surface area (Å²) in [5.74, 6) is -0.460. The van der Waals surface area contributed by atoms with Crippen LogP contribution in [-0.4, -0.2) is 29.8 Å². The molecule has 1 saturated heterocycles. The van der Waals surface area contributed by atoms with E-state index in [0.29, 0.717) is 11.3 Å². The van der Waals surface area contributed by atoms with Crippen molar-refractivity contribution < 1.29 is 9.59 Å². The van der Waals surface area contributed by atoms with Gasteiger partial charge in [0.2, 0.25) is 5.91 Å². The number of primary amides is 1. The van der Waals surface area contributed by atoms with Crippen molar-refractivity contribution in [2.45, 2.75) is 18.9 Å².